The maximum atomic E-state index is 12.8. The van der Waals surface area contributed by atoms with Crippen LogP contribution in [0.2, 0.25) is 0 Å². The van der Waals surface area contributed by atoms with Crippen molar-refractivity contribution in [2.45, 2.75) is 32.6 Å². The number of hydrogen-bond donors (Lipinski definition) is 3. The highest BCUT2D eigenvalue weighted by molar-refractivity contribution is 6.27. The van der Waals surface area contributed by atoms with Gasteiger partial charge >= 0.3 is 0 Å². The zero-order valence-corrected chi connectivity index (χ0v) is 18.3. The molecule has 0 fully saturated rings. The second kappa shape index (κ2) is 12.0. The van der Waals surface area contributed by atoms with Crippen LogP contribution >= 0.6 is 24.8 Å². The third-order valence-corrected chi connectivity index (χ3v) is 4.89. The minimum atomic E-state index is -0.0874. The van der Waals surface area contributed by atoms with Crippen molar-refractivity contribution in [3.63, 3.8) is 0 Å². The summed E-state index contributed by atoms with van der Waals surface area (Å²) in [7, 11) is 0. The Morgan fingerprint density at radius 3 is 2.62 bits per heavy atom. The molecule has 2 aromatic rings. The molecule has 1 aliphatic rings. The fourth-order valence-corrected chi connectivity index (χ4v) is 3.48. The van der Waals surface area contributed by atoms with E-state index >= 15 is 0 Å². The number of rotatable bonds is 10. The molecule has 2 aromatic carbocycles. The molecular weight excluding hydrogens is 411 g/mol. The third-order valence-electron chi connectivity index (χ3n) is 4.89. The predicted octanol–water partition coefficient (Wildman–Crippen LogP) is 3.71. The number of anilines is 2. The molecule has 0 atom stereocenters. The summed E-state index contributed by atoms with van der Waals surface area (Å²) in [5.74, 6) is -0.0373. The summed E-state index contributed by atoms with van der Waals surface area (Å²) in [4.78, 5) is 26.9. The highest BCUT2D eigenvalue weighted by atomic mass is 35.5. The summed E-state index contributed by atoms with van der Waals surface area (Å²) < 4.78 is 0. The van der Waals surface area contributed by atoms with E-state index in [1.165, 1.54) is 0 Å². The molecule has 0 bridgehead atoms. The molecule has 3 rings (SSSR count). The van der Waals surface area contributed by atoms with E-state index in [4.69, 9.17) is 5.73 Å². The highest BCUT2D eigenvalue weighted by Gasteiger charge is 2.30. The molecule has 1 heterocycles. The Morgan fingerprint density at radius 1 is 1.10 bits per heavy atom. The fourth-order valence-electron chi connectivity index (χ4n) is 3.48. The van der Waals surface area contributed by atoms with E-state index < -0.39 is 0 Å². The molecule has 0 spiro atoms. The number of nitrogens with one attached hydrogen (secondary N) is 2. The summed E-state index contributed by atoms with van der Waals surface area (Å²) in [6.07, 6.45) is 3.91. The van der Waals surface area contributed by atoms with Crippen molar-refractivity contribution in [3.05, 3.63) is 35.9 Å². The number of nitrogens with zero attached hydrogens (tertiary/aromatic N) is 1. The maximum Gasteiger partial charge on any atom is 0.258 e. The van der Waals surface area contributed by atoms with Crippen LogP contribution in [0.15, 0.2) is 30.3 Å². The molecule has 0 aliphatic carbocycles. The van der Waals surface area contributed by atoms with Crippen LogP contribution in [0.1, 0.15) is 43.0 Å². The summed E-state index contributed by atoms with van der Waals surface area (Å²) in [6.45, 7) is 4.54. The number of carbonyl (C=O) groups excluding carboxylic acids is 2. The van der Waals surface area contributed by atoms with Gasteiger partial charge in [-0.3, -0.25) is 9.59 Å². The SMILES string of the molecule is CCCCN1C(=O)c2cccc3c(NC(=O)CNCCCCN)ccc1c23.Cl.Cl. The number of halogens is 2. The monoisotopic (exact) mass is 440 g/mol. The molecule has 8 heteroatoms. The maximum absolute atomic E-state index is 12.8. The van der Waals surface area contributed by atoms with Crippen LogP contribution in [-0.2, 0) is 4.79 Å². The molecule has 4 N–H and O–H groups in total. The third kappa shape index (κ3) is 5.60. The van der Waals surface area contributed by atoms with Gasteiger partial charge in [-0.1, -0.05) is 25.5 Å². The fraction of sp³-hybridized carbons (Fsp3) is 0.429. The lowest BCUT2D eigenvalue weighted by Gasteiger charge is -2.17. The number of carbonyl (C=O) groups is 2. The lowest BCUT2D eigenvalue weighted by atomic mass is 10.0. The van der Waals surface area contributed by atoms with Crippen molar-refractivity contribution < 1.29 is 9.59 Å². The first-order valence-electron chi connectivity index (χ1n) is 9.75. The van der Waals surface area contributed by atoms with Crippen molar-refractivity contribution in [2.24, 2.45) is 5.73 Å². The van der Waals surface area contributed by atoms with Gasteiger partial charge in [0.15, 0.2) is 0 Å². The smallest absolute Gasteiger partial charge is 0.258 e. The van der Waals surface area contributed by atoms with Crippen LogP contribution in [0.25, 0.3) is 10.8 Å². The summed E-state index contributed by atoms with van der Waals surface area (Å²) in [6, 6.07) is 9.54. The largest absolute Gasteiger partial charge is 0.330 e. The van der Waals surface area contributed by atoms with E-state index in [1.807, 2.05) is 35.2 Å². The Balaban J connectivity index is 0.00000210. The molecule has 0 unspecified atom stereocenters. The number of hydrogen-bond acceptors (Lipinski definition) is 4. The van der Waals surface area contributed by atoms with Crippen molar-refractivity contribution in [2.75, 3.05) is 36.4 Å². The van der Waals surface area contributed by atoms with E-state index in [0.29, 0.717) is 6.54 Å². The van der Waals surface area contributed by atoms with E-state index in [9.17, 15) is 9.59 Å². The average molecular weight is 441 g/mol. The van der Waals surface area contributed by atoms with E-state index in [0.717, 1.165) is 66.5 Å². The van der Waals surface area contributed by atoms with Crippen molar-refractivity contribution in [1.29, 1.82) is 0 Å². The summed E-state index contributed by atoms with van der Waals surface area (Å²) in [5, 5.41) is 7.95. The first kappa shape index (κ1) is 25.2. The molecule has 0 saturated heterocycles. The molecule has 0 aromatic heterocycles. The molecule has 0 radical (unpaired) electrons. The van der Waals surface area contributed by atoms with Gasteiger partial charge in [-0.15, -0.1) is 24.8 Å². The molecular formula is C21H30Cl2N4O2. The number of amides is 2. The van der Waals surface area contributed by atoms with Gasteiger partial charge in [0.25, 0.3) is 5.91 Å². The molecule has 29 heavy (non-hydrogen) atoms. The van der Waals surface area contributed by atoms with Crippen molar-refractivity contribution in [3.8, 4) is 0 Å². The normalized spacial score (nSPS) is 11.9. The van der Waals surface area contributed by atoms with Crippen LogP contribution in [0.3, 0.4) is 0 Å². The van der Waals surface area contributed by atoms with Gasteiger partial charge in [-0.25, -0.2) is 0 Å². The number of nitrogens with two attached hydrogens (primary N) is 1. The number of unbranched alkanes of at least 4 members (excludes halogenated alkanes) is 2. The van der Waals surface area contributed by atoms with Gasteiger partial charge in [0.2, 0.25) is 5.91 Å². The van der Waals surface area contributed by atoms with E-state index in [-0.39, 0.29) is 43.2 Å². The molecule has 6 nitrogen and oxygen atoms in total. The predicted molar refractivity (Wildman–Crippen MR) is 125 cm³/mol. The highest BCUT2D eigenvalue weighted by Crippen LogP contribution is 2.40. The van der Waals surface area contributed by atoms with E-state index in [1.54, 1.807) is 0 Å². The van der Waals surface area contributed by atoms with Gasteiger partial charge in [0, 0.05) is 28.6 Å². The van der Waals surface area contributed by atoms with Gasteiger partial charge < -0.3 is 21.3 Å². The Kier molecular flexibility index (Phi) is 10.4. The minimum absolute atomic E-state index is 0. The lowest BCUT2D eigenvalue weighted by Crippen LogP contribution is -2.29. The molecule has 0 saturated carbocycles. The zero-order valence-electron chi connectivity index (χ0n) is 16.7. The average Bonchev–Trinajstić information content (AvgIpc) is 2.95. The topological polar surface area (TPSA) is 87.5 Å². The Labute approximate surface area is 184 Å². The van der Waals surface area contributed by atoms with Crippen molar-refractivity contribution in [1.82, 2.24) is 5.32 Å². The quantitative estimate of drug-likeness (QED) is 0.491. The molecule has 1 aliphatic heterocycles. The van der Waals surface area contributed by atoms with Crippen LogP contribution in [0.4, 0.5) is 11.4 Å². The van der Waals surface area contributed by atoms with Gasteiger partial charge in [0.1, 0.15) is 0 Å². The van der Waals surface area contributed by atoms with Crippen LogP contribution in [0, 0.1) is 0 Å². The second-order valence-corrected chi connectivity index (χ2v) is 6.89. The zero-order chi connectivity index (χ0) is 19.2. The van der Waals surface area contributed by atoms with E-state index in [2.05, 4.69) is 17.6 Å². The Bertz CT molecular complexity index is 845. The van der Waals surface area contributed by atoms with Crippen LogP contribution < -0.4 is 21.3 Å². The van der Waals surface area contributed by atoms with Crippen LogP contribution in [0.5, 0.6) is 0 Å². The first-order chi connectivity index (χ1) is 13.2. The lowest BCUT2D eigenvalue weighted by molar-refractivity contribution is -0.115. The minimum Gasteiger partial charge on any atom is -0.330 e. The van der Waals surface area contributed by atoms with Gasteiger partial charge in [0.05, 0.1) is 12.2 Å². The molecule has 160 valence electrons. The number of benzene rings is 2. The van der Waals surface area contributed by atoms with Crippen molar-refractivity contribution >= 4 is 58.8 Å². The first-order valence-corrected chi connectivity index (χ1v) is 9.75. The van der Waals surface area contributed by atoms with Gasteiger partial charge in [-0.2, -0.15) is 0 Å². The standard InChI is InChI=1S/C21H28N4O2.2ClH/c1-2-3-13-25-18-10-9-17(24-19(26)14-23-12-5-4-11-22)15-7-6-8-16(20(15)18)21(25)27;;/h6-10,23H,2-5,11-14,22H2,1H3,(H,24,26);2*1H. The van der Waals surface area contributed by atoms with Crippen LogP contribution in [-0.4, -0.2) is 38.0 Å². The van der Waals surface area contributed by atoms with Gasteiger partial charge in [-0.05, 0) is 50.6 Å². The summed E-state index contributed by atoms with van der Waals surface area (Å²) >= 11 is 0. The molecule has 2 amide bonds. The Morgan fingerprint density at radius 2 is 1.90 bits per heavy atom. The second-order valence-electron chi connectivity index (χ2n) is 6.89. The Hall–Kier alpha value is -1.86. The summed E-state index contributed by atoms with van der Waals surface area (Å²) in [5.41, 5.74) is 7.87.